The molecule has 0 radical (unpaired) electrons. The summed E-state index contributed by atoms with van der Waals surface area (Å²) in [6, 6.07) is 4.56. The van der Waals surface area contributed by atoms with Crippen molar-refractivity contribution >= 4 is 17.7 Å². The number of hydrogen-bond acceptors (Lipinski definition) is 5. The van der Waals surface area contributed by atoms with Crippen molar-refractivity contribution in [3.8, 4) is 0 Å². The van der Waals surface area contributed by atoms with Gasteiger partial charge < -0.3 is 15.4 Å². The molecule has 0 fully saturated rings. The molecule has 0 unspecified atom stereocenters. The molecule has 0 aliphatic carbocycles. The van der Waals surface area contributed by atoms with E-state index in [2.05, 4.69) is 10.6 Å². The largest absolute Gasteiger partial charge is 0.462 e. The predicted octanol–water partition coefficient (Wildman–Crippen LogP) is 3.20. The number of nitro benzene ring substituents is 1. The van der Waals surface area contributed by atoms with Gasteiger partial charge in [0.15, 0.2) is 0 Å². The Labute approximate surface area is 151 Å². The molecule has 0 bridgehead atoms. The number of nitrogens with one attached hydrogen (secondary N) is 2. The van der Waals surface area contributed by atoms with Crippen molar-refractivity contribution in [2.75, 3.05) is 6.61 Å². The first kappa shape index (κ1) is 19.4. The van der Waals surface area contributed by atoms with Crippen LogP contribution in [0.5, 0.6) is 0 Å². The van der Waals surface area contributed by atoms with Crippen LogP contribution in [0.25, 0.3) is 0 Å². The summed E-state index contributed by atoms with van der Waals surface area (Å²) in [5.41, 5.74) is 0.955. The van der Waals surface area contributed by atoms with Crippen molar-refractivity contribution in [2.45, 2.75) is 39.7 Å². The maximum absolute atomic E-state index is 12.6. The highest BCUT2D eigenvalue weighted by molar-refractivity contribution is 5.95. The Morgan fingerprint density at radius 2 is 2.04 bits per heavy atom. The van der Waals surface area contributed by atoms with Crippen LogP contribution in [0.2, 0.25) is 0 Å². The Balaban J connectivity index is 2.32. The second-order valence-corrected chi connectivity index (χ2v) is 6.20. The third-order valence-corrected chi connectivity index (χ3v) is 4.51. The average molecular weight is 361 g/mol. The Morgan fingerprint density at radius 1 is 1.35 bits per heavy atom. The molecule has 2 N–H and O–H groups in total. The molecule has 1 aliphatic rings. The minimum atomic E-state index is -0.808. The van der Waals surface area contributed by atoms with Crippen LogP contribution < -0.4 is 10.6 Å². The molecule has 26 heavy (non-hydrogen) atoms. The van der Waals surface area contributed by atoms with E-state index in [0.717, 1.165) is 12.8 Å². The van der Waals surface area contributed by atoms with E-state index in [1.165, 1.54) is 18.2 Å². The van der Waals surface area contributed by atoms with Gasteiger partial charge >= 0.3 is 12.0 Å². The van der Waals surface area contributed by atoms with E-state index in [9.17, 15) is 19.7 Å². The number of urea groups is 1. The van der Waals surface area contributed by atoms with E-state index in [1.54, 1.807) is 13.0 Å². The molecule has 0 saturated heterocycles. The third-order valence-electron chi connectivity index (χ3n) is 4.51. The van der Waals surface area contributed by atoms with E-state index < -0.39 is 23.0 Å². The zero-order valence-corrected chi connectivity index (χ0v) is 15.1. The van der Waals surface area contributed by atoms with E-state index in [4.69, 9.17) is 4.74 Å². The topological polar surface area (TPSA) is 111 Å². The molecule has 0 aromatic heterocycles. The standard InChI is InChI=1S/C18H23N3O5/c1-4-12(5-2)10-26-17(22)15-11(3)19-18(23)20-16(15)13-7-6-8-14(9-13)21(24)25/h6-9,12,16H,4-5,10H2,1-3H3,(H2,19,20,23)/t16-/m0/s1. The third kappa shape index (κ3) is 4.38. The Kier molecular flexibility index (Phi) is 6.32. The van der Waals surface area contributed by atoms with E-state index >= 15 is 0 Å². The first-order chi connectivity index (χ1) is 12.4. The summed E-state index contributed by atoms with van der Waals surface area (Å²) < 4.78 is 5.44. The molecular formula is C18H23N3O5. The van der Waals surface area contributed by atoms with E-state index in [0.29, 0.717) is 11.3 Å². The van der Waals surface area contributed by atoms with Gasteiger partial charge in [-0.25, -0.2) is 9.59 Å². The number of carbonyl (C=O) groups is 2. The summed E-state index contributed by atoms with van der Waals surface area (Å²) in [7, 11) is 0. The number of nitrogens with zero attached hydrogens (tertiary/aromatic N) is 1. The fraction of sp³-hybridized carbons (Fsp3) is 0.444. The molecule has 1 aromatic rings. The minimum absolute atomic E-state index is 0.113. The van der Waals surface area contributed by atoms with Gasteiger partial charge in [0.05, 0.1) is 23.1 Å². The number of ether oxygens (including phenoxy) is 1. The maximum atomic E-state index is 12.6. The number of amides is 2. The molecule has 1 atom stereocenters. The lowest BCUT2D eigenvalue weighted by Gasteiger charge is -2.28. The van der Waals surface area contributed by atoms with Crippen LogP contribution in [0.3, 0.4) is 0 Å². The molecule has 2 rings (SSSR count). The van der Waals surface area contributed by atoms with Gasteiger partial charge in [-0.05, 0) is 18.4 Å². The van der Waals surface area contributed by atoms with Crippen molar-refractivity contribution < 1.29 is 19.2 Å². The lowest BCUT2D eigenvalue weighted by molar-refractivity contribution is -0.384. The van der Waals surface area contributed by atoms with Gasteiger partial charge in [-0.1, -0.05) is 38.8 Å². The molecule has 1 aliphatic heterocycles. The van der Waals surface area contributed by atoms with Gasteiger partial charge in [0.25, 0.3) is 5.69 Å². The van der Waals surface area contributed by atoms with Gasteiger partial charge in [-0.15, -0.1) is 0 Å². The highest BCUT2D eigenvalue weighted by Crippen LogP contribution is 2.29. The number of benzene rings is 1. The maximum Gasteiger partial charge on any atom is 0.338 e. The molecule has 0 saturated carbocycles. The predicted molar refractivity (Wildman–Crippen MR) is 95.2 cm³/mol. The lowest BCUT2D eigenvalue weighted by atomic mass is 9.95. The second-order valence-electron chi connectivity index (χ2n) is 6.20. The quantitative estimate of drug-likeness (QED) is 0.440. The fourth-order valence-electron chi connectivity index (χ4n) is 2.83. The van der Waals surface area contributed by atoms with Crippen LogP contribution in [0.15, 0.2) is 35.5 Å². The zero-order chi connectivity index (χ0) is 19.3. The van der Waals surface area contributed by atoms with Crippen LogP contribution in [0.1, 0.15) is 45.2 Å². The van der Waals surface area contributed by atoms with Crippen LogP contribution in [-0.4, -0.2) is 23.5 Å². The van der Waals surface area contributed by atoms with Gasteiger partial charge in [0.2, 0.25) is 0 Å². The first-order valence-electron chi connectivity index (χ1n) is 8.57. The number of esters is 1. The van der Waals surface area contributed by atoms with E-state index in [-0.39, 0.29) is 23.8 Å². The number of rotatable bonds is 7. The van der Waals surface area contributed by atoms with Gasteiger partial charge in [0.1, 0.15) is 0 Å². The number of allylic oxidation sites excluding steroid dienone is 1. The molecule has 1 heterocycles. The molecule has 1 aromatic carbocycles. The average Bonchev–Trinajstić information content (AvgIpc) is 2.61. The number of nitro groups is 1. The smallest absolute Gasteiger partial charge is 0.338 e. The monoisotopic (exact) mass is 361 g/mol. The fourth-order valence-corrected chi connectivity index (χ4v) is 2.83. The minimum Gasteiger partial charge on any atom is -0.462 e. The molecule has 2 amide bonds. The molecular weight excluding hydrogens is 338 g/mol. The number of hydrogen-bond donors (Lipinski definition) is 2. The summed E-state index contributed by atoms with van der Waals surface area (Å²) in [6.45, 7) is 5.96. The van der Waals surface area contributed by atoms with Crippen LogP contribution >= 0.6 is 0 Å². The normalized spacial score (nSPS) is 16.9. The highest BCUT2D eigenvalue weighted by Gasteiger charge is 2.33. The summed E-state index contributed by atoms with van der Waals surface area (Å²) in [6.07, 6.45) is 1.79. The van der Waals surface area contributed by atoms with E-state index in [1.807, 2.05) is 13.8 Å². The van der Waals surface area contributed by atoms with Crippen molar-refractivity contribution in [3.63, 3.8) is 0 Å². The number of carbonyl (C=O) groups excluding carboxylic acids is 2. The molecule has 8 nitrogen and oxygen atoms in total. The van der Waals surface area contributed by atoms with Crippen molar-refractivity contribution in [1.82, 2.24) is 10.6 Å². The first-order valence-corrected chi connectivity index (χ1v) is 8.57. The number of non-ortho nitro benzene ring substituents is 1. The van der Waals surface area contributed by atoms with Gasteiger partial charge in [0, 0.05) is 17.8 Å². The zero-order valence-electron chi connectivity index (χ0n) is 15.1. The second kappa shape index (κ2) is 8.46. The lowest BCUT2D eigenvalue weighted by Crippen LogP contribution is -2.45. The molecule has 0 spiro atoms. The summed E-state index contributed by atoms with van der Waals surface area (Å²) >= 11 is 0. The van der Waals surface area contributed by atoms with Gasteiger partial charge in [-0.3, -0.25) is 10.1 Å². The van der Waals surface area contributed by atoms with Crippen LogP contribution in [0.4, 0.5) is 10.5 Å². The Morgan fingerprint density at radius 3 is 2.65 bits per heavy atom. The molecule has 140 valence electrons. The van der Waals surface area contributed by atoms with Crippen molar-refractivity contribution in [1.29, 1.82) is 0 Å². The Hall–Kier alpha value is -2.90. The van der Waals surface area contributed by atoms with Gasteiger partial charge in [-0.2, -0.15) is 0 Å². The van der Waals surface area contributed by atoms with Crippen LogP contribution in [-0.2, 0) is 9.53 Å². The highest BCUT2D eigenvalue weighted by atomic mass is 16.6. The Bertz CT molecular complexity index is 740. The summed E-state index contributed by atoms with van der Waals surface area (Å²) in [5.74, 6) is -0.277. The summed E-state index contributed by atoms with van der Waals surface area (Å²) in [4.78, 5) is 35.0. The van der Waals surface area contributed by atoms with Crippen molar-refractivity contribution in [2.24, 2.45) is 5.92 Å². The summed E-state index contributed by atoms with van der Waals surface area (Å²) in [5, 5.41) is 16.2. The van der Waals surface area contributed by atoms with Crippen LogP contribution in [0, 0.1) is 16.0 Å². The molecule has 8 heteroatoms. The SMILES string of the molecule is CCC(CC)COC(=O)C1=C(C)NC(=O)N[C@H]1c1cccc([N+](=O)[O-])c1. The van der Waals surface area contributed by atoms with Crippen molar-refractivity contribution in [3.05, 3.63) is 51.2 Å².